The van der Waals surface area contributed by atoms with Crippen LogP contribution in [0.2, 0.25) is 0 Å². The van der Waals surface area contributed by atoms with Crippen LogP contribution in [0.5, 0.6) is 11.5 Å². The number of methoxy groups -OCH3 is 1. The van der Waals surface area contributed by atoms with E-state index in [4.69, 9.17) is 4.74 Å². The number of phenols is 1. The average molecular weight is 293 g/mol. The first-order chi connectivity index (χ1) is 10.2. The van der Waals surface area contributed by atoms with Gasteiger partial charge in [-0.05, 0) is 19.4 Å². The fraction of sp³-hybridized carbons (Fsp3) is 0.562. The maximum absolute atomic E-state index is 10.0. The van der Waals surface area contributed by atoms with E-state index in [1.807, 2.05) is 19.1 Å². The number of nitrogens with zero attached hydrogens (tertiary/aromatic N) is 1. The zero-order valence-corrected chi connectivity index (χ0v) is 13.3. The van der Waals surface area contributed by atoms with Crippen LogP contribution in [0.25, 0.3) is 0 Å². The Morgan fingerprint density at radius 3 is 2.71 bits per heavy atom. The van der Waals surface area contributed by atoms with Crippen LogP contribution < -0.4 is 15.4 Å². The SMILES string of the molecule is CCCCCNC(=NCc1cccc(OC)c1O)NCC. The minimum absolute atomic E-state index is 0.158. The summed E-state index contributed by atoms with van der Waals surface area (Å²) >= 11 is 0. The van der Waals surface area contributed by atoms with Crippen LogP contribution in [-0.4, -0.2) is 31.3 Å². The maximum Gasteiger partial charge on any atom is 0.191 e. The normalized spacial score (nSPS) is 11.3. The highest BCUT2D eigenvalue weighted by atomic mass is 16.5. The number of hydrogen-bond acceptors (Lipinski definition) is 3. The van der Waals surface area contributed by atoms with Crippen molar-refractivity contribution in [1.82, 2.24) is 10.6 Å². The summed E-state index contributed by atoms with van der Waals surface area (Å²) in [6, 6.07) is 5.43. The Balaban J connectivity index is 2.64. The van der Waals surface area contributed by atoms with Crippen LogP contribution in [-0.2, 0) is 6.54 Å². The van der Waals surface area contributed by atoms with Gasteiger partial charge in [-0.25, -0.2) is 4.99 Å². The minimum Gasteiger partial charge on any atom is -0.504 e. The highest BCUT2D eigenvalue weighted by molar-refractivity contribution is 5.79. The van der Waals surface area contributed by atoms with E-state index in [0.29, 0.717) is 12.3 Å². The summed E-state index contributed by atoms with van der Waals surface area (Å²) in [4.78, 5) is 4.50. The summed E-state index contributed by atoms with van der Waals surface area (Å²) in [6.07, 6.45) is 3.54. The largest absolute Gasteiger partial charge is 0.504 e. The van der Waals surface area contributed by atoms with Gasteiger partial charge in [0, 0.05) is 18.7 Å². The Morgan fingerprint density at radius 2 is 2.05 bits per heavy atom. The number of phenolic OH excluding ortho intramolecular Hbond substituents is 1. The van der Waals surface area contributed by atoms with Gasteiger partial charge in [-0.2, -0.15) is 0 Å². The van der Waals surface area contributed by atoms with Crippen molar-refractivity contribution in [2.24, 2.45) is 4.99 Å². The fourth-order valence-electron chi connectivity index (χ4n) is 1.95. The van der Waals surface area contributed by atoms with E-state index < -0.39 is 0 Å². The van der Waals surface area contributed by atoms with Crippen molar-refractivity contribution >= 4 is 5.96 Å². The molecule has 3 N–H and O–H groups in total. The van der Waals surface area contributed by atoms with E-state index in [1.165, 1.54) is 12.8 Å². The molecule has 0 saturated heterocycles. The predicted octanol–water partition coefficient (Wildman–Crippen LogP) is 2.65. The van der Waals surface area contributed by atoms with Crippen molar-refractivity contribution in [3.05, 3.63) is 23.8 Å². The third-order valence-electron chi connectivity index (χ3n) is 3.13. The highest BCUT2D eigenvalue weighted by Gasteiger charge is 2.06. The molecular formula is C16H27N3O2. The van der Waals surface area contributed by atoms with E-state index in [0.717, 1.165) is 31.0 Å². The van der Waals surface area contributed by atoms with Gasteiger partial charge in [-0.15, -0.1) is 0 Å². The lowest BCUT2D eigenvalue weighted by atomic mass is 10.2. The molecule has 0 radical (unpaired) electrons. The Kier molecular flexibility index (Phi) is 8.09. The molecule has 0 saturated carbocycles. The molecule has 0 amide bonds. The molecule has 1 aromatic carbocycles. The first kappa shape index (κ1) is 17.1. The second-order valence-electron chi connectivity index (χ2n) is 4.80. The van der Waals surface area contributed by atoms with Crippen LogP contribution in [0.3, 0.4) is 0 Å². The second kappa shape index (κ2) is 9.91. The zero-order chi connectivity index (χ0) is 15.5. The molecule has 0 bridgehead atoms. The molecule has 21 heavy (non-hydrogen) atoms. The molecule has 0 aromatic heterocycles. The third kappa shape index (κ3) is 5.94. The van der Waals surface area contributed by atoms with Gasteiger partial charge in [0.2, 0.25) is 0 Å². The van der Waals surface area contributed by atoms with Crippen molar-refractivity contribution < 1.29 is 9.84 Å². The van der Waals surface area contributed by atoms with E-state index in [2.05, 4.69) is 22.5 Å². The number of para-hydroxylation sites is 1. The summed E-state index contributed by atoms with van der Waals surface area (Å²) in [5, 5.41) is 16.5. The number of aromatic hydroxyl groups is 1. The molecule has 1 rings (SSSR count). The number of nitrogens with one attached hydrogen (secondary N) is 2. The molecule has 0 aliphatic rings. The second-order valence-corrected chi connectivity index (χ2v) is 4.80. The van der Waals surface area contributed by atoms with Crippen molar-refractivity contribution in [3.63, 3.8) is 0 Å². The summed E-state index contributed by atoms with van der Waals surface area (Å²) in [7, 11) is 1.54. The topological polar surface area (TPSA) is 65.9 Å². The first-order valence-corrected chi connectivity index (χ1v) is 7.59. The summed E-state index contributed by atoms with van der Waals surface area (Å²) in [6.45, 7) is 6.34. The number of unbranched alkanes of at least 4 members (excludes halogenated alkanes) is 2. The Bertz CT molecular complexity index is 447. The molecule has 0 fully saturated rings. The van der Waals surface area contributed by atoms with Gasteiger partial charge in [-0.3, -0.25) is 0 Å². The number of aliphatic imine (C=N–C) groups is 1. The highest BCUT2D eigenvalue weighted by Crippen LogP contribution is 2.29. The Labute approximate surface area is 127 Å². The monoisotopic (exact) mass is 293 g/mol. The third-order valence-corrected chi connectivity index (χ3v) is 3.13. The number of benzene rings is 1. The fourth-order valence-corrected chi connectivity index (χ4v) is 1.95. The molecule has 0 heterocycles. The van der Waals surface area contributed by atoms with Crippen LogP contribution in [0.4, 0.5) is 0 Å². The lowest BCUT2D eigenvalue weighted by Crippen LogP contribution is -2.37. The zero-order valence-electron chi connectivity index (χ0n) is 13.3. The van der Waals surface area contributed by atoms with Crippen LogP contribution in [0, 0.1) is 0 Å². The number of rotatable bonds is 8. The van der Waals surface area contributed by atoms with E-state index >= 15 is 0 Å². The molecule has 0 aliphatic heterocycles. The quantitative estimate of drug-likeness (QED) is 0.392. The first-order valence-electron chi connectivity index (χ1n) is 7.59. The molecule has 0 atom stereocenters. The Hall–Kier alpha value is -1.91. The van der Waals surface area contributed by atoms with Gasteiger partial charge in [0.05, 0.1) is 13.7 Å². The lowest BCUT2D eigenvalue weighted by Gasteiger charge is -2.12. The van der Waals surface area contributed by atoms with Gasteiger partial charge in [0.1, 0.15) is 0 Å². The molecule has 0 aliphatic carbocycles. The van der Waals surface area contributed by atoms with E-state index in [1.54, 1.807) is 13.2 Å². The summed E-state index contributed by atoms with van der Waals surface area (Å²) < 4.78 is 5.10. The van der Waals surface area contributed by atoms with E-state index in [-0.39, 0.29) is 5.75 Å². The number of guanidine groups is 1. The van der Waals surface area contributed by atoms with Gasteiger partial charge >= 0.3 is 0 Å². The number of ether oxygens (including phenoxy) is 1. The van der Waals surface area contributed by atoms with Crippen molar-refractivity contribution in [2.45, 2.75) is 39.7 Å². The Morgan fingerprint density at radius 1 is 1.24 bits per heavy atom. The van der Waals surface area contributed by atoms with E-state index in [9.17, 15) is 5.11 Å². The maximum atomic E-state index is 10.0. The molecule has 0 unspecified atom stereocenters. The molecule has 5 heteroatoms. The molecule has 1 aromatic rings. The van der Waals surface area contributed by atoms with Gasteiger partial charge in [0.15, 0.2) is 17.5 Å². The molecule has 118 valence electrons. The minimum atomic E-state index is 0.158. The molecular weight excluding hydrogens is 266 g/mol. The van der Waals surface area contributed by atoms with Gasteiger partial charge in [-0.1, -0.05) is 31.9 Å². The number of hydrogen-bond donors (Lipinski definition) is 3. The summed E-state index contributed by atoms with van der Waals surface area (Å²) in [5.41, 5.74) is 0.750. The lowest BCUT2D eigenvalue weighted by molar-refractivity contribution is 0.370. The standard InChI is InChI=1S/C16H27N3O2/c1-4-6-7-11-18-16(17-5-2)19-12-13-9-8-10-14(21-3)15(13)20/h8-10,20H,4-7,11-12H2,1-3H3,(H2,17,18,19). The smallest absolute Gasteiger partial charge is 0.191 e. The van der Waals surface area contributed by atoms with Crippen molar-refractivity contribution in [3.8, 4) is 11.5 Å². The summed E-state index contributed by atoms with van der Waals surface area (Å²) in [5.74, 6) is 1.41. The van der Waals surface area contributed by atoms with Gasteiger partial charge < -0.3 is 20.5 Å². The molecule has 5 nitrogen and oxygen atoms in total. The van der Waals surface area contributed by atoms with Crippen LogP contribution >= 0.6 is 0 Å². The van der Waals surface area contributed by atoms with Crippen LogP contribution in [0.15, 0.2) is 23.2 Å². The van der Waals surface area contributed by atoms with Crippen LogP contribution in [0.1, 0.15) is 38.7 Å². The predicted molar refractivity (Wildman–Crippen MR) is 87.0 cm³/mol. The van der Waals surface area contributed by atoms with Gasteiger partial charge in [0.25, 0.3) is 0 Å². The molecule has 0 spiro atoms. The average Bonchev–Trinajstić information content (AvgIpc) is 2.50. The van der Waals surface area contributed by atoms with Crippen molar-refractivity contribution in [2.75, 3.05) is 20.2 Å². The van der Waals surface area contributed by atoms with Crippen molar-refractivity contribution in [1.29, 1.82) is 0 Å².